The lowest BCUT2D eigenvalue weighted by Gasteiger charge is -2.09. The Kier molecular flexibility index (Phi) is 5.71. The quantitative estimate of drug-likeness (QED) is 0.427. The van der Waals surface area contributed by atoms with Crippen LogP contribution in [0.4, 0.5) is 0 Å². The molecule has 0 unspecified atom stereocenters. The molecule has 152 valence electrons. The fraction of sp³-hybridized carbons (Fsp3) is 0.200. The van der Waals surface area contributed by atoms with E-state index in [2.05, 4.69) is 19.9 Å². The average molecular weight is 419 g/mol. The Morgan fingerprint density at radius 2 is 1.83 bits per heavy atom. The Hall–Kier alpha value is -2.95. The molecule has 5 heteroatoms. The lowest BCUT2D eigenvalue weighted by Crippen LogP contribution is -2.06. The van der Waals surface area contributed by atoms with Crippen LogP contribution < -0.4 is 0 Å². The standard InChI is InChI=1S/C25H23ClN2O2/c1-16-7-8-18(13-17(16)2)14-24(30)19-9-10-22-23(15-19)28(11-12-29)25(27-22)20-5-3-4-6-21(20)26/h3-10,13,15,29H,11-12,14H2,1-2H3. The number of rotatable bonds is 6. The van der Waals surface area contributed by atoms with Gasteiger partial charge in [-0.3, -0.25) is 4.79 Å². The Morgan fingerprint density at radius 3 is 2.57 bits per heavy atom. The first-order chi connectivity index (χ1) is 14.5. The zero-order valence-electron chi connectivity index (χ0n) is 17.0. The molecule has 0 aliphatic carbocycles. The molecule has 0 spiro atoms. The summed E-state index contributed by atoms with van der Waals surface area (Å²) < 4.78 is 1.92. The van der Waals surface area contributed by atoms with Crippen LogP contribution >= 0.6 is 11.6 Å². The van der Waals surface area contributed by atoms with E-state index in [-0.39, 0.29) is 12.4 Å². The summed E-state index contributed by atoms with van der Waals surface area (Å²) in [4.78, 5) is 17.7. The molecule has 4 nitrogen and oxygen atoms in total. The van der Waals surface area contributed by atoms with Crippen LogP contribution in [0.25, 0.3) is 22.4 Å². The van der Waals surface area contributed by atoms with Gasteiger partial charge in [-0.15, -0.1) is 0 Å². The molecule has 1 heterocycles. The van der Waals surface area contributed by atoms with Gasteiger partial charge in [0.25, 0.3) is 0 Å². The van der Waals surface area contributed by atoms with Gasteiger partial charge in [-0.2, -0.15) is 0 Å². The largest absolute Gasteiger partial charge is 0.395 e. The second-order valence-corrected chi connectivity index (χ2v) is 7.92. The van der Waals surface area contributed by atoms with Crippen molar-refractivity contribution in [3.63, 3.8) is 0 Å². The second kappa shape index (κ2) is 8.42. The number of benzene rings is 3. The van der Waals surface area contributed by atoms with Crippen molar-refractivity contribution in [2.75, 3.05) is 6.61 Å². The summed E-state index contributed by atoms with van der Waals surface area (Å²) in [6.07, 6.45) is 0.345. The van der Waals surface area contributed by atoms with Gasteiger partial charge in [0.15, 0.2) is 5.78 Å². The normalized spacial score (nSPS) is 11.2. The molecule has 0 aliphatic rings. The highest BCUT2D eigenvalue weighted by Crippen LogP contribution is 2.30. The van der Waals surface area contributed by atoms with Crippen molar-refractivity contribution < 1.29 is 9.90 Å². The van der Waals surface area contributed by atoms with Gasteiger partial charge in [0.1, 0.15) is 5.82 Å². The number of aromatic nitrogens is 2. The van der Waals surface area contributed by atoms with Crippen molar-refractivity contribution in [2.45, 2.75) is 26.8 Å². The Morgan fingerprint density at radius 1 is 1.03 bits per heavy atom. The van der Waals surface area contributed by atoms with Gasteiger partial charge in [0.2, 0.25) is 0 Å². The molecular weight excluding hydrogens is 396 g/mol. The number of hydrogen-bond acceptors (Lipinski definition) is 3. The van der Waals surface area contributed by atoms with E-state index in [1.54, 1.807) is 0 Å². The third-order valence-electron chi connectivity index (χ3n) is 5.44. The molecule has 0 saturated carbocycles. The van der Waals surface area contributed by atoms with Crippen molar-refractivity contribution in [3.8, 4) is 11.4 Å². The zero-order chi connectivity index (χ0) is 21.3. The minimum Gasteiger partial charge on any atom is -0.395 e. The van der Waals surface area contributed by atoms with E-state index in [9.17, 15) is 9.90 Å². The number of aryl methyl sites for hydroxylation is 2. The Bertz CT molecular complexity index is 1240. The van der Waals surface area contributed by atoms with Gasteiger partial charge in [-0.1, -0.05) is 41.9 Å². The number of halogens is 1. The van der Waals surface area contributed by atoms with E-state index in [0.29, 0.717) is 29.4 Å². The third-order valence-corrected chi connectivity index (χ3v) is 5.77. The highest BCUT2D eigenvalue weighted by atomic mass is 35.5. The highest BCUT2D eigenvalue weighted by Gasteiger charge is 2.17. The maximum atomic E-state index is 13.0. The second-order valence-electron chi connectivity index (χ2n) is 7.51. The van der Waals surface area contributed by atoms with Crippen LogP contribution in [0.15, 0.2) is 60.7 Å². The van der Waals surface area contributed by atoms with Crippen LogP contribution in [0.1, 0.15) is 27.0 Å². The number of carbonyl (C=O) groups excluding carboxylic acids is 1. The van der Waals surface area contributed by atoms with Crippen LogP contribution in [0.2, 0.25) is 5.02 Å². The molecule has 4 rings (SSSR count). The molecule has 1 N–H and O–H groups in total. The predicted octanol–water partition coefficient (Wildman–Crippen LogP) is 5.39. The number of aliphatic hydroxyl groups excluding tert-OH is 1. The molecule has 0 bridgehead atoms. The van der Waals surface area contributed by atoms with Crippen molar-refractivity contribution in [2.24, 2.45) is 0 Å². The van der Waals surface area contributed by atoms with E-state index in [0.717, 1.165) is 22.2 Å². The summed E-state index contributed by atoms with van der Waals surface area (Å²) in [7, 11) is 0. The van der Waals surface area contributed by atoms with Crippen molar-refractivity contribution in [1.29, 1.82) is 0 Å². The van der Waals surface area contributed by atoms with E-state index in [4.69, 9.17) is 16.6 Å². The Balaban J connectivity index is 1.74. The van der Waals surface area contributed by atoms with Crippen LogP contribution in [-0.4, -0.2) is 27.0 Å². The third kappa shape index (κ3) is 3.89. The monoisotopic (exact) mass is 418 g/mol. The summed E-state index contributed by atoms with van der Waals surface area (Å²) in [5, 5.41) is 10.2. The predicted molar refractivity (Wildman–Crippen MR) is 121 cm³/mol. The lowest BCUT2D eigenvalue weighted by atomic mass is 9.99. The topological polar surface area (TPSA) is 55.1 Å². The van der Waals surface area contributed by atoms with Crippen LogP contribution in [0.3, 0.4) is 0 Å². The fourth-order valence-corrected chi connectivity index (χ4v) is 3.89. The minimum atomic E-state index is -0.0380. The van der Waals surface area contributed by atoms with E-state index < -0.39 is 0 Å². The van der Waals surface area contributed by atoms with Crippen molar-refractivity contribution >= 4 is 28.4 Å². The van der Waals surface area contributed by atoms with Gasteiger partial charge >= 0.3 is 0 Å². The fourth-order valence-electron chi connectivity index (χ4n) is 3.67. The van der Waals surface area contributed by atoms with Crippen LogP contribution in [0.5, 0.6) is 0 Å². The molecule has 3 aromatic carbocycles. The van der Waals surface area contributed by atoms with Gasteiger partial charge in [0.05, 0.1) is 22.7 Å². The first-order valence-electron chi connectivity index (χ1n) is 9.93. The number of fused-ring (bicyclic) bond motifs is 1. The zero-order valence-corrected chi connectivity index (χ0v) is 17.8. The molecule has 0 aliphatic heterocycles. The summed E-state index contributed by atoms with van der Waals surface area (Å²) in [6.45, 7) is 4.45. The molecule has 0 saturated heterocycles. The maximum Gasteiger partial charge on any atom is 0.167 e. The smallest absolute Gasteiger partial charge is 0.167 e. The maximum absolute atomic E-state index is 13.0. The molecule has 0 fully saturated rings. The SMILES string of the molecule is Cc1ccc(CC(=O)c2ccc3nc(-c4ccccc4Cl)n(CCO)c3c2)cc1C. The Labute approximate surface area is 180 Å². The number of Topliss-reactive ketones (excluding diaryl/α,β-unsaturated/α-hetero) is 1. The first-order valence-corrected chi connectivity index (χ1v) is 10.3. The van der Waals surface area contributed by atoms with Gasteiger partial charge in [0, 0.05) is 24.1 Å². The summed E-state index contributed by atoms with van der Waals surface area (Å²) in [6, 6.07) is 19.2. The van der Waals surface area contributed by atoms with E-state index >= 15 is 0 Å². The highest BCUT2D eigenvalue weighted by molar-refractivity contribution is 6.33. The number of ketones is 1. The van der Waals surface area contributed by atoms with Crippen LogP contribution in [-0.2, 0) is 13.0 Å². The molecule has 4 aromatic rings. The van der Waals surface area contributed by atoms with E-state index in [1.807, 2.05) is 59.2 Å². The number of imidazole rings is 1. The first kappa shape index (κ1) is 20.3. The average Bonchev–Trinajstić information content (AvgIpc) is 3.09. The molecule has 0 atom stereocenters. The molecular formula is C25H23ClN2O2. The van der Waals surface area contributed by atoms with Crippen LogP contribution in [0, 0.1) is 13.8 Å². The lowest BCUT2D eigenvalue weighted by molar-refractivity contribution is 0.0993. The summed E-state index contributed by atoms with van der Waals surface area (Å²) >= 11 is 6.38. The van der Waals surface area contributed by atoms with Crippen molar-refractivity contribution in [1.82, 2.24) is 9.55 Å². The number of carbonyl (C=O) groups is 1. The van der Waals surface area contributed by atoms with Crippen molar-refractivity contribution in [3.05, 3.63) is 87.9 Å². The molecule has 0 radical (unpaired) electrons. The summed E-state index contributed by atoms with van der Waals surface area (Å²) in [5.74, 6) is 0.736. The minimum absolute atomic E-state index is 0.0380. The molecule has 30 heavy (non-hydrogen) atoms. The number of hydrogen-bond donors (Lipinski definition) is 1. The van der Waals surface area contributed by atoms with E-state index in [1.165, 1.54) is 11.1 Å². The van der Waals surface area contributed by atoms with Gasteiger partial charge in [-0.05, 0) is 60.9 Å². The number of aliphatic hydroxyl groups is 1. The van der Waals surface area contributed by atoms with Gasteiger partial charge in [-0.25, -0.2) is 4.98 Å². The molecule has 0 amide bonds. The van der Waals surface area contributed by atoms with Gasteiger partial charge < -0.3 is 9.67 Å². The number of nitrogens with zero attached hydrogens (tertiary/aromatic N) is 2. The molecule has 1 aromatic heterocycles. The summed E-state index contributed by atoms with van der Waals surface area (Å²) in [5.41, 5.74) is 6.40.